The summed E-state index contributed by atoms with van der Waals surface area (Å²) in [7, 11) is -4.30. The van der Waals surface area contributed by atoms with Crippen molar-refractivity contribution in [2.24, 2.45) is 0 Å². The van der Waals surface area contributed by atoms with Crippen LogP contribution in [-0.4, -0.2) is 35.9 Å². The Kier molecular flexibility index (Phi) is 9.18. The van der Waals surface area contributed by atoms with Gasteiger partial charge in [-0.05, 0) is 38.4 Å². The molecule has 0 fully saturated rings. The third kappa shape index (κ3) is 5.89. The van der Waals surface area contributed by atoms with Crippen molar-refractivity contribution in [1.29, 1.82) is 0 Å². The van der Waals surface area contributed by atoms with Crippen LogP contribution in [0.2, 0.25) is 0 Å². The Bertz CT molecular complexity index is 634. The van der Waals surface area contributed by atoms with Crippen molar-refractivity contribution < 1.29 is 77.2 Å². The quantitative estimate of drug-likeness (QED) is 0.340. The Morgan fingerprint density at radius 2 is 2.00 bits per heavy atom. The number of hydrogen-bond acceptors (Lipinski definition) is 5. The van der Waals surface area contributed by atoms with Gasteiger partial charge < -0.3 is 21.5 Å². The molecule has 23 heavy (non-hydrogen) atoms. The van der Waals surface area contributed by atoms with Crippen LogP contribution in [0.3, 0.4) is 0 Å². The first kappa shape index (κ1) is 23.7. The summed E-state index contributed by atoms with van der Waals surface area (Å²) in [5.74, 6) is -0.629. The van der Waals surface area contributed by atoms with Crippen molar-refractivity contribution in [2.75, 3.05) is 17.2 Å². The maximum Gasteiger partial charge on any atom is 1.00 e. The predicted molar refractivity (Wildman–Crippen MR) is 81.4 cm³/mol. The van der Waals surface area contributed by atoms with Crippen LogP contribution in [0.4, 0.5) is 5.69 Å². The van der Waals surface area contributed by atoms with Gasteiger partial charge >= 0.3 is 59.1 Å². The van der Waals surface area contributed by atoms with Gasteiger partial charge in [-0.3, -0.25) is 0 Å². The van der Waals surface area contributed by atoms with Crippen molar-refractivity contribution in [1.82, 2.24) is 0 Å². The van der Waals surface area contributed by atoms with Crippen molar-refractivity contribution in [3.63, 3.8) is 0 Å². The molecule has 0 bridgehead atoms. The molecule has 0 saturated carbocycles. The summed E-state index contributed by atoms with van der Waals surface area (Å²) in [5.41, 5.74) is 1.30. The summed E-state index contributed by atoms with van der Waals surface area (Å²) in [6.07, 6.45) is 1.27. The average molecular weight is 357 g/mol. The number of phenolic OH excluding ortho intramolecular Hbond substituents is 1. The SMILES string of the molecule is [CH2-]CCN1c2cc(O)ccc2C(CS(=O)(=O)[O-])CC1(C)C.[Na+].[Na+]. The van der Waals surface area contributed by atoms with Crippen LogP contribution in [-0.2, 0) is 10.1 Å². The Hall–Kier alpha value is 0.730. The average Bonchev–Trinajstić information content (AvgIpc) is 2.31. The van der Waals surface area contributed by atoms with Crippen LogP contribution in [0.5, 0.6) is 5.75 Å². The summed E-state index contributed by atoms with van der Waals surface area (Å²) in [5, 5.41) is 9.74. The number of benzene rings is 1. The van der Waals surface area contributed by atoms with Gasteiger partial charge in [-0.1, -0.05) is 6.07 Å². The molecule has 1 aromatic rings. The molecule has 1 atom stereocenters. The molecular formula is C15H21NNa2O4S. The van der Waals surface area contributed by atoms with Crippen molar-refractivity contribution in [2.45, 2.75) is 38.1 Å². The van der Waals surface area contributed by atoms with Crippen molar-refractivity contribution >= 4 is 15.8 Å². The molecule has 0 aromatic heterocycles. The maximum absolute atomic E-state index is 11.2. The predicted octanol–water partition coefficient (Wildman–Crippen LogP) is -3.76. The van der Waals surface area contributed by atoms with Gasteiger partial charge in [-0.2, -0.15) is 6.42 Å². The maximum atomic E-state index is 11.2. The second-order valence-corrected chi connectivity index (χ2v) is 7.63. The summed E-state index contributed by atoms with van der Waals surface area (Å²) < 4.78 is 33.5. The number of fused-ring (bicyclic) bond motifs is 1. The first-order valence-electron chi connectivity index (χ1n) is 6.97. The third-order valence-electron chi connectivity index (χ3n) is 4.01. The number of anilines is 1. The van der Waals surface area contributed by atoms with Crippen LogP contribution >= 0.6 is 0 Å². The number of phenols is 1. The molecule has 5 nitrogen and oxygen atoms in total. The van der Waals surface area contributed by atoms with Gasteiger partial charge in [-0.25, -0.2) is 8.42 Å². The molecule has 2 rings (SSSR count). The first-order valence-corrected chi connectivity index (χ1v) is 8.55. The summed E-state index contributed by atoms with van der Waals surface area (Å²) >= 11 is 0. The fourth-order valence-corrected chi connectivity index (χ4v) is 4.03. The van der Waals surface area contributed by atoms with E-state index in [0.717, 1.165) is 11.3 Å². The molecule has 1 N–H and O–H groups in total. The summed E-state index contributed by atoms with van der Waals surface area (Å²) in [4.78, 5) is 2.13. The van der Waals surface area contributed by atoms with E-state index in [-0.39, 0.29) is 76.3 Å². The second-order valence-electron chi connectivity index (χ2n) is 6.19. The zero-order valence-corrected chi connectivity index (χ0v) is 19.2. The zero-order valence-electron chi connectivity index (χ0n) is 14.4. The summed E-state index contributed by atoms with van der Waals surface area (Å²) in [6.45, 7) is 8.61. The van der Waals surface area contributed by atoms with Gasteiger partial charge in [0.1, 0.15) is 5.75 Å². The standard InChI is InChI=1S/C15H22NO4S.2Na/c1-4-7-16-14-8-12(17)5-6-13(14)11(9-15(16,2)3)10-21(18,19)20;;/h5-6,8,11,17H,1,4,7,9-10H2,2-3H3,(H,18,19,20);;/q-1;2*+1/p-1. The molecule has 1 aromatic carbocycles. The van der Waals surface area contributed by atoms with Crippen LogP contribution in [0.1, 0.15) is 38.2 Å². The van der Waals surface area contributed by atoms with Gasteiger partial charge in [0.25, 0.3) is 0 Å². The first-order chi connectivity index (χ1) is 9.64. The van der Waals surface area contributed by atoms with Gasteiger partial charge in [0.05, 0.1) is 10.1 Å². The Balaban J connectivity index is 0.00000242. The third-order valence-corrected chi connectivity index (χ3v) is 4.82. The molecule has 0 amide bonds. The van der Waals surface area contributed by atoms with Gasteiger partial charge in [-0.15, -0.1) is 0 Å². The van der Waals surface area contributed by atoms with E-state index in [1.165, 1.54) is 6.07 Å². The molecule has 0 saturated heterocycles. The molecule has 0 spiro atoms. The van der Waals surface area contributed by atoms with Crippen LogP contribution < -0.4 is 64.0 Å². The molecule has 8 heteroatoms. The fourth-order valence-electron chi connectivity index (χ4n) is 3.24. The molecule has 1 aliphatic heterocycles. The van der Waals surface area contributed by atoms with E-state index in [1.807, 2.05) is 13.8 Å². The Labute approximate surface area is 183 Å². The minimum absolute atomic E-state index is 0. The normalized spacial score (nSPS) is 19.3. The monoisotopic (exact) mass is 357 g/mol. The van der Waals surface area contributed by atoms with Gasteiger partial charge in [0.2, 0.25) is 0 Å². The van der Waals surface area contributed by atoms with Crippen LogP contribution in [0.25, 0.3) is 0 Å². The second kappa shape index (κ2) is 8.90. The minimum atomic E-state index is -4.30. The number of aromatic hydroxyl groups is 1. The zero-order chi connectivity index (χ0) is 15.8. The molecule has 0 aliphatic carbocycles. The minimum Gasteiger partial charge on any atom is -0.748 e. The van der Waals surface area contributed by atoms with E-state index >= 15 is 0 Å². The number of hydrogen-bond donors (Lipinski definition) is 1. The number of rotatable bonds is 4. The number of nitrogens with zero attached hydrogens (tertiary/aromatic N) is 1. The van der Waals surface area contributed by atoms with Gasteiger partial charge in [0, 0.05) is 29.0 Å². The molecule has 1 unspecified atom stereocenters. The molecule has 1 heterocycles. The fraction of sp³-hybridized carbons (Fsp3) is 0.533. The topological polar surface area (TPSA) is 80.7 Å². The largest absolute Gasteiger partial charge is 1.00 e. The van der Waals surface area contributed by atoms with Crippen LogP contribution in [0.15, 0.2) is 18.2 Å². The summed E-state index contributed by atoms with van der Waals surface area (Å²) in [6, 6.07) is 4.88. The van der Waals surface area contributed by atoms with E-state index < -0.39 is 15.9 Å². The van der Waals surface area contributed by atoms with E-state index in [0.29, 0.717) is 19.4 Å². The Morgan fingerprint density at radius 1 is 1.39 bits per heavy atom. The molecule has 118 valence electrons. The molecular weight excluding hydrogens is 336 g/mol. The smallest absolute Gasteiger partial charge is 0.748 e. The van der Waals surface area contributed by atoms with E-state index in [1.54, 1.807) is 12.1 Å². The Morgan fingerprint density at radius 3 is 2.52 bits per heavy atom. The van der Waals surface area contributed by atoms with Crippen molar-refractivity contribution in [3.05, 3.63) is 30.7 Å². The van der Waals surface area contributed by atoms with E-state index in [4.69, 9.17) is 0 Å². The van der Waals surface area contributed by atoms with E-state index in [9.17, 15) is 18.1 Å². The van der Waals surface area contributed by atoms with Crippen molar-refractivity contribution in [3.8, 4) is 5.75 Å². The van der Waals surface area contributed by atoms with E-state index in [2.05, 4.69) is 11.8 Å². The van der Waals surface area contributed by atoms with Crippen LogP contribution in [0, 0.1) is 6.92 Å². The molecule has 1 aliphatic rings. The van der Waals surface area contributed by atoms with Gasteiger partial charge in [0.15, 0.2) is 0 Å². The molecule has 0 radical (unpaired) electrons.